The first-order valence-corrected chi connectivity index (χ1v) is 6.19. The van der Waals surface area contributed by atoms with Crippen molar-refractivity contribution in [1.82, 2.24) is 15.1 Å². The monoisotopic (exact) mass is 265 g/mol. The molecule has 7 nitrogen and oxygen atoms in total. The van der Waals surface area contributed by atoms with Crippen molar-refractivity contribution in [2.75, 3.05) is 6.54 Å². The minimum absolute atomic E-state index is 0.0627. The second-order valence-corrected chi connectivity index (χ2v) is 4.51. The first-order valence-electron chi connectivity index (χ1n) is 6.19. The molecule has 2 rings (SSSR count). The summed E-state index contributed by atoms with van der Waals surface area (Å²) >= 11 is 0. The molecule has 0 saturated carbocycles. The van der Waals surface area contributed by atoms with Crippen LogP contribution in [0.1, 0.15) is 36.2 Å². The molecule has 0 aliphatic carbocycles. The fourth-order valence-electron chi connectivity index (χ4n) is 2.22. The zero-order valence-electron chi connectivity index (χ0n) is 10.3. The number of carboxylic acid groups (broad SMARTS) is 1. The van der Waals surface area contributed by atoms with E-state index in [1.54, 1.807) is 0 Å². The summed E-state index contributed by atoms with van der Waals surface area (Å²) in [7, 11) is 0. The Balaban J connectivity index is 2.25. The number of nitrogens with zero attached hydrogens (tertiary/aromatic N) is 2. The van der Waals surface area contributed by atoms with Crippen LogP contribution in [-0.4, -0.2) is 44.7 Å². The van der Waals surface area contributed by atoms with Crippen molar-refractivity contribution in [3.8, 4) is 0 Å². The molecule has 102 valence electrons. The predicted octanol–water partition coefficient (Wildman–Crippen LogP) is 0.239. The van der Waals surface area contributed by atoms with E-state index in [2.05, 4.69) is 10.2 Å². The third kappa shape index (κ3) is 2.98. The number of carbonyl (C=O) groups excluding carboxylic acids is 1. The number of aliphatic carboxylic acids is 1. The Morgan fingerprint density at radius 1 is 1.32 bits per heavy atom. The van der Waals surface area contributed by atoms with Gasteiger partial charge in [0, 0.05) is 12.6 Å². The molecule has 1 atom stereocenters. The van der Waals surface area contributed by atoms with Crippen molar-refractivity contribution in [2.24, 2.45) is 0 Å². The van der Waals surface area contributed by atoms with E-state index in [1.165, 1.54) is 17.0 Å². The van der Waals surface area contributed by atoms with Crippen LogP contribution >= 0.6 is 0 Å². The van der Waals surface area contributed by atoms with Gasteiger partial charge >= 0.3 is 5.97 Å². The molecule has 19 heavy (non-hydrogen) atoms. The summed E-state index contributed by atoms with van der Waals surface area (Å²) < 4.78 is 0. The fourth-order valence-corrected chi connectivity index (χ4v) is 2.22. The number of carbonyl (C=O) groups is 2. The fraction of sp³-hybridized carbons (Fsp3) is 0.500. The van der Waals surface area contributed by atoms with Gasteiger partial charge in [0.2, 0.25) is 0 Å². The third-order valence-corrected chi connectivity index (χ3v) is 3.20. The standard InChI is InChI=1S/C12H15N3O4/c16-10-6-5-8(13-14-10)11(17)15-7-3-1-2-4-9(15)12(18)19/h5-6,9H,1-4,7H2,(H,14,16)(H,18,19). The van der Waals surface area contributed by atoms with Gasteiger partial charge in [-0.25, -0.2) is 9.89 Å². The molecule has 1 aliphatic heterocycles. The zero-order chi connectivity index (χ0) is 13.8. The van der Waals surface area contributed by atoms with Crippen LogP contribution in [0.4, 0.5) is 0 Å². The average Bonchev–Trinajstić information content (AvgIpc) is 2.64. The predicted molar refractivity (Wildman–Crippen MR) is 65.8 cm³/mol. The molecule has 2 heterocycles. The van der Waals surface area contributed by atoms with Gasteiger partial charge in [-0.2, -0.15) is 5.10 Å². The summed E-state index contributed by atoms with van der Waals surface area (Å²) in [6, 6.07) is 1.70. The van der Waals surface area contributed by atoms with E-state index in [9.17, 15) is 19.5 Å². The topological polar surface area (TPSA) is 103 Å². The van der Waals surface area contributed by atoms with E-state index in [-0.39, 0.29) is 5.69 Å². The Morgan fingerprint density at radius 2 is 2.11 bits per heavy atom. The van der Waals surface area contributed by atoms with Crippen molar-refractivity contribution < 1.29 is 14.7 Å². The number of H-pyrrole nitrogens is 1. The molecule has 1 saturated heterocycles. The number of carboxylic acids is 1. The molecule has 7 heteroatoms. The Kier molecular flexibility index (Phi) is 3.94. The lowest BCUT2D eigenvalue weighted by Gasteiger charge is -2.26. The third-order valence-electron chi connectivity index (χ3n) is 3.20. The Hall–Kier alpha value is -2.18. The van der Waals surface area contributed by atoms with Crippen LogP contribution in [0, 0.1) is 0 Å². The second-order valence-electron chi connectivity index (χ2n) is 4.51. The van der Waals surface area contributed by atoms with Gasteiger partial charge in [-0.15, -0.1) is 0 Å². The number of amides is 1. The average molecular weight is 265 g/mol. The first kappa shape index (κ1) is 13.3. The van der Waals surface area contributed by atoms with Crippen LogP contribution < -0.4 is 5.56 Å². The maximum atomic E-state index is 12.3. The number of aromatic amines is 1. The molecule has 1 aromatic rings. The summed E-state index contributed by atoms with van der Waals surface area (Å²) in [6.45, 7) is 0.399. The summed E-state index contributed by atoms with van der Waals surface area (Å²) in [5, 5.41) is 15.0. The summed E-state index contributed by atoms with van der Waals surface area (Å²) in [6.07, 6.45) is 2.93. The number of aromatic nitrogens is 2. The van der Waals surface area contributed by atoms with Gasteiger partial charge in [0.15, 0.2) is 0 Å². The summed E-state index contributed by atoms with van der Waals surface area (Å²) in [5.41, 5.74) is -0.338. The van der Waals surface area contributed by atoms with Gasteiger partial charge in [-0.3, -0.25) is 9.59 Å². The number of hydrogen-bond acceptors (Lipinski definition) is 4. The van der Waals surface area contributed by atoms with E-state index in [1.807, 2.05) is 0 Å². The smallest absolute Gasteiger partial charge is 0.326 e. The van der Waals surface area contributed by atoms with Crippen LogP contribution in [0.3, 0.4) is 0 Å². The highest BCUT2D eigenvalue weighted by atomic mass is 16.4. The van der Waals surface area contributed by atoms with E-state index in [4.69, 9.17) is 0 Å². The Bertz CT molecular complexity index is 520. The quantitative estimate of drug-likeness (QED) is 0.797. The molecule has 0 spiro atoms. The largest absolute Gasteiger partial charge is 0.480 e. The second kappa shape index (κ2) is 5.64. The van der Waals surface area contributed by atoms with Crippen molar-refractivity contribution in [3.05, 3.63) is 28.2 Å². The molecule has 1 unspecified atom stereocenters. The number of likely N-dealkylation sites (tertiary alicyclic amines) is 1. The Labute approximate surface area is 109 Å². The molecule has 2 N–H and O–H groups in total. The first-order chi connectivity index (χ1) is 9.09. The lowest BCUT2D eigenvalue weighted by atomic mass is 10.1. The van der Waals surface area contributed by atoms with Crippen LogP contribution in [0.25, 0.3) is 0 Å². The van der Waals surface area contributed by atoms with Crippen LogP contribution in [0.15, 0.2) is 16.9 Å². The zero-order valence-corrected chi connectivity index (χ0v) is 10.3. The SMILES string of the molecule is O=C(O)C1CCCCCN1C(=O)c1ccc(=O)[nH]n1. The van der Waals surface area contributed by atoms with Crippen LogP contribution in [-0.2, 0) is 4.79 Å². The van der Waals surface area contributed by atoms with Crippen molar-refractivity contribution in [3.63, 3.8) is 0 Å². The lowest BCUT2D eigenvalue weighted by Crippen LogP contribution is -2.45. The molecule has 0 bridgehead atoms. The highest BCUT2D eigenvalue weighted by Gasteiger charge is 2.31. The van der Waals surface area contributed by atoms with Gasteiger partial charge in [-0.05, 0) is 18.9 Å². The van der Waals surface area contributed by atoms with Gasteiger partial charge in [0.25, 0.3) is 11.5 Å². The normalized spacial score (nSPS) is 19.8. The highest BCUT2D eigenvalue weighted by molar-refractivity contribution is 5.94. The van der Waals surface area contributed by atoms with Crippen molar-refractivity contribution >= 4 is 11.9 Å². The van der Waals surface area contributed by atoms with Gasteiger partial charge in [-0.1, -0.05) is 12.8 Å². The van der Waals surface area contributed by atoms with Crippen molar-refractivity contribution in [2.45, 2.75) is 31.7 Å². The van der Waals surface area contributed by atoms with Crippen molar-refractivity contribution in [1.29, 1.82) is 0 Å². The number of nitrogens with one attached hydrogen (secondary N) is 1. The molecule has 1 aromatic heterocycles. The maximum Gasteiger partial charge on any atom is 0.326 e. The van der Waals surface area contributed by atoms with Crippen LogP contribution in [0.2, 0.25) is 0 Å². The van der Waals surface area contributed by atoms with E-state index >= 15 is 0 Å². The number of hydrogen-bond donors (Lipinski definition) is 2. The molecular weight excluding hydrogens is 250 g/mol. The summed E-state index contributed by atoms with van der Waals surface area (Å²) in [5.74, 6) is -1.45. The maximum absolute atomic E-state index is 12.3. The Morgan fingerprint density at radius 3 is 2.74 bits per heavy atom. The van der Waals surface area contributed by atoms with E-state index < -0.39 is 23.5 Å². The van der Waals surface area contributed by atoms with Gasteiger partial charge < -0.3 is 10.0 Å². The lowest BCUT2D eigenvalue weighted by molar-refractivity contribution is -0.142. The highest BCUT2D eigenvalue weighted by Crippen LogP contribution is 2.18. The van der Waals surface area contributed by atoms with E-state index in [0.717, 1.165) is 19.3 Å². The van der Waals surface area contributed by atoms with E-state index in [0.29, 0.717) is 13.0 Å². The van der Waals surface area contributed by atoms with Gasteiger partial charge in [0.05, 0.1) is 0 Å². The molecule has 0 aromatic carbocycles. The molecule has 0 radical (unpaired) electrons. The molecule has 1 aliphatic rings. The molecule has 1 fully saturated rings. The summed E-state index contributed by atoms with van der Waals surface area (Å²) in [4.78, 5) is 35.7. The van der Waals surface area contributed by atoms with Crippen LogP contribution in [0.5, 0.6) is 0 Å². The molecular formula is C12H15N3O4. The van der Waals surface area contributed by atoms with Gasteiger partial charge in [0.1, 0.15) is 11.7 Å². The molecule has 1 amide bonds. The minimum atomic E-state index is -1.00. The minimum Gasteiger partial charge on any atom is -0.480 e. The number of rotatable bonds is 2.